The fraction of sp³-hybridized carbons (Fsp3) is 0.727. The van der Waals surface area contributed by atoms with Gasteiger partial charge in [0.1, 0.15) is 5.82 Å². The van der Waals surface area contributed by atoms with Gasteiger partial charge in [0, 0.05) is 20.1 Å². The van der Waals surface area contributed by atoms with Gasteiger partial charge in [-0.2, -0.15) is 0 Å². The van der Waals surface area contributed by atoms with E-state index >= 15 is 0 Å². The molecule has 102 valence electrons. The lowest BCUT2D eigenvalue weighted by atomic mass is 10.5. The summed E-state index contributed by atoms with van der Waals surface area (Å²) in [4.78, 5) is 4.19. The van der Waals surface area contributed by atoms with Crippen LogP contribution >= 0.6 is 24.0 Å². The van der Waals surface area contributed by atoms with Crippen molar-refractivity contribution in [3.63, 3.8) is 0 Å². The second kappa shape index (κ2) is 6.35. The summed E-state index contributed by atoms with van der Waals surface area (Å²) in [7, 11) is 3.75. The van der Waals surface area contributed by atoms with Gasteiger partial charge in [0.25, 0.3) is 0 Å². The van der Waals surface area contributed by atoms with Crippen molar-refractivity contribution in [3.05, 3.63) is 11.6 Å². The zero-order valence-corrected chi connectivity index (χ0v) is 13.6. The molecule has 1 saturated carbocycles. The predicted molar refractivity (Wildman–Crippen MR) is 82.1 cm³/mol. The molecule has 1 aromatic rings. The molecule has 0 aromatic carbocycles. The molecule has 0 aliphatic heterocycles. The van der Waals surface area contributed by atoms with Crippen LogP contribution < -0.4 is 10.6 Å². The number of guanidine groups is 1. The molecule has 0 amide bonds. The topological polar surface area (TPSA) is 67.1 Å². The van der Waals surface area contributed by atoms with Crippen LogP contribution in [0.3, 0.4) is 0 Å². The van der Waals surface area contributed by atoms with Gasteiger partial charge in [0.2, 0.25) is 0 Å². The Balaban J connectivity index is 0.00000162. The van der Waals surface area contributed by atoms with Crippen LogP contribution in [-0.2, 0) is 13.6 Å². The summed E-state index contributed by atoms with van der Waals surface area (Å²) in [6.07, 6.45) is 1.23. The Labute approximate surface area is 125 Å². The number of hydrogen-bond donors (Lipinski definition) is 2. The summed E-state index contributed by atoms with van der Waals surface area (Å²) in [5.74, 6) is 3.42. The minimum absolute atomic E-state index is 0. The van der Waals surface area contributed by atoms with Gasteiger partial charge in [-0.25, -0.2) is 0 Å². The fourth-order valence-electron chi connectivity index (χ4n) is 1.66. The maximum absolute atomic E-state index is 4.19. The van der Waals surface area contributed by atoms with Crippen molar-refractivity contribution in [1.82, 2.24) is 25.4 Å². The maximum atomic E-state index is 4.19. The van der Waals surface area contributed by atoms with Crippen molar-refractivity contribution in [2.75, 3.05) is 7.05 Å². The lowest BCUT2D eigenvalue weighted by Gasteiger charge is -2.11. The Morgan fingerprint density at radius 1 is 1.50 bits per heavy atom. The van der Waals surface area contributed by atoms with Gasteiger partial charge in [-0.1, -0.05) is 6.92 Å². The van der Waals surface area contributed by atoms with E-state index < -0.39 is 0 Å². The highest BCUT2D eigenvalue weighted by atomic mass is 127. The predicted octanol–water partition coefficient (Wildman–Crippen LogP) is 0.815. The van der Waals surface area contributed by atoms with Crippen molar-refractivity contribution >= 4 is 29.9 Å². The molecule has 0 saturated heterocycles. The van der Waals surface area contributed by atoms with Gasteiger partial charge in [-0.05, 0) is 19.3 Å². The van der Waals surface area contributed by atoms with E-state index in [9.17, 15) is 0 Å². The minimum Gasteiger partial charge on any atom is -0.353 e. The number of aryl methyl sites for hydroxylation is 1. The Kier molecular flexibility index (Phi) is 5.36. The number of nitrogens with one attached hydrogen (secondary N) is 2. The number of aromatic nitrogens is 3. The van der Waals surface area contributed by atoms with Crippen LogP contribution in [0.25, 0.3) is 0 Å². The molecule has 7 heteroatoms. The van der Waals surface area contributed by atoms with Crippen molar-refractivity contribution in [1.29, 1.82) is 0 Å². The molecule has 6 nitrogen and oxygen atoms in total. The largest absolute Gasteiger partial charge is 0.353 e. The monoisotopic (exact) mass is 364 g/mol. The Morgan fingerprint density at radius 3 is 2.61 bits per heavy atom. The maximum Gasteiger partial charge on any atom is 0.191 e. The van der Waals surface area contributed by atoms with Crippen LogP contribution in [0.5, 0.6) is 0 Å². The summed E-state index contributed by atoms with van der Waals surface area (Å²) in [5.41, 5.74) is 0. The number of nitrogens with zero attached hydrogens (tertiary/aromatic N) is 4. The normalized spacial score (nSPS) is 22.3. The van der Waals surface area contributed by atoms with Crippen molar-refractivity contribution in [2.45, 2.75) is 32.9 Å². The van der Waals surface area contributed by atoms with Crippen molar-refractivity contribution < 1.29 is 0 Å². The molecule has 2 unspecified atom stereocenters. The molecule has 18 heavy (non-hydrogen) atoms. The standard InChI is InChI=1S/C11H20N6.HI/c1-7-5-9(7)14-11(12-3)13-6-10-16-15-8(2)17(10)4;/h7,9H,5-6H2,1-4H3,(H2,12,13,14);1H. The van der Waals surface area contributed by atoms with Crippen LogP contribution in [0.2, 0.25) is 0 Å². The van der Waals surface area contributed by atoms with Crippen LogP contribution in [0.1, 0.15) is 25.0 Å². The summed E-state index contributed by atoms with van der Waals surface area (Å²) >= 11 is 0. The average Bonchev–Trinajstić information content (AvgIpc) is 2.92. The van der Waals surface area contributed by atoms with E-state index in [0.29, 0.717) is 12.6 Å². The Hall–Kier alpha value is -0.860. The highest BCUT2D eigenvalue weighted by molar-refractivity contribution is 14.0. The molecule has 0 radical (unpaired) electrons. The van der Waals surface area contributed by atoms with Crippen LogP contribution in [0, 0.1) is 12.8 Å². The van der Waals surface area contributed by atoms with Crippen molar-refractivity contribution in [2.24, 2.45) is 18.0 Å². The minimum atomic E-state index is 0. The fourth-order valence-corrected chi connectivity index (χ4v) is 1.66. The molecule has 1 heterocycles. The van der Waals surface area contributed by atoms with Gasteiger partial charge >= 0.3 is 0 Å². The molecule has 2 atom stereocenters. The quantitative estimate of drug-likeness (QED) is 0.473. The van der Waals surface area contributed by atoms with Crippen LogP contribution in [-0.4, -0.2) is 33.8 Å². The third kappa shape index (κ3) is 3.56. The summed E-state index contributed by atoms with van der Waals surface area (Å²) in [6.45, 7) is 4.81. The van der Waals surface area contributed by atoms with Gasteiger partial charge in [0.05, 0.1) is 6.54 Å². The molecule has 2 rings (SSSR count). The molecule has 2 N–H and O–H groups in total. The van der Waals surface area contributed by atoms with Gasteiger partial charge < -0.3 is 15.2 Å². The molecule has 1 aliphatic rings. The third-order valence-electron chi connectivity index (χ3n) is 3.25. The van der Waals surface area contributed by atoms with E-state index in [1.807, 2.05) is 18.5 Å². The zero-order valence-electron chi connectivity index (χ0n) is 11.3. The molecular formula is C11H21IN6. The van der Waals surface area contributed by atoms with Gasteiger partial charge in [-0.15, -0.1) is 34.2 Å². The van der Waals surface area contributed by atoms with Crippen LogP contribution in [0.4, 0.5) is 0 Å². The second-order valence-corrected chi connectivity index (χ2v) is 4.61. The molecule has 0 spiro atoms. The Bertz CT molecular complexity index is 427. The highest BCUT2D eigenvalue weighted by Gasteiger charge is 2.33. The summed E-state index contributed by atoms with van der Waals surface area (Å²) < 4.78 is 1.97. The number of hydrogen-bond acceptors (Lipinski definition) is 3. The molecule has 1 fully saturated rings. The van der Waals surface area contributed by atoms with E-state index in [1.165, 1.54) is 6.42 Å². The van der Waals surface area contributed by atoms with E-state index in [4.69, 9.17) is 0 Å². The van der Waals surface area contributed by atoms with Crippen LogP contribution in [0.15, 0.2) is 4.99 Å². The lowest BCUT2D eigenvalue weighted by molar-refractivity contribution is 0.708. The first kappa shape index (κ1) is 15.2. The second-order valence-electron chi connectivity index (χ2n) is 4.61. The van der Waals surface area contributed by atoms with Gasteiger partial charge in [-0.3, -0.25) is 4.99 Å². The smallest absolute Gasteiger partial charge is 0.191 e. The van der Waals surface area contributed by atoms with E-state index in [0.717, 1.165) is 23.5 Å². The molecule has 1 aliphatic carbocycles. The Morgan fingerprint density at radius 2 is 2.17 bits per heavy atom. The molecule has 1 aromatic heterocycles. The van der Waals surface area contributed by atoms with E-state index in [1.54, 1.807) is 7.05 Å². The molecule has 0 bridgehead atoms. The first-order chi connectivity index (χ1) is 8.11. The molecular weight excluding hydrogens is 343 g/mol. The van der Waals surface area contributed by atoms with Crippen molar-refractivity contribution in [3.8, 4) is 0 Å². The highest BCUT2D eigenvalue weighted by Crippen LogP contribution is 2.28. The first-order valence-electron chi connectivity index (χ1n) is 5.94. The van der Waals surface area contributed by atoms with Gasteiger partial charge in [0.15, 0.2) is 11.8 Å². The van der Waals surface area contributed by atoms with E-state index in [-0.39, 0.29) is 24.0 Å². The third-order valence-corrected chi connectivity index (χ3v) is 3.25. The summed E-state index contributed by atoms with van der Waals surface area (Å²) in [6, 6.07) is 0.572. The number of aliphatic imine (C=N–C) groups is 1. The number of rotatable bonds is 3. The summed E-state index contributed by atoms with van der Waals surface area (Å²) in [5, 5.41) is 14.7. The zero-order chi connectivity index (χ0) is 12.4. The average molecular weight is 364 g/mol. The van der Waals surface area contributed by atoms with E-state index in [2.05, 4.69) is 32.7 Å². The number of halogens is 1. The first-order valence-corrected chi connectivity index (χ1v) is 5.94. The lowest BCUT2D eigenvalue weighted by Crippen LogP contribution is -2.39. The SMILES string of the molecule is CN=C(NCc1nnc(C)n1C)NC1CC1C.I.